The minimum atomic E-state index is -0.405. The molecule has 7 heteroatoms. The van der Waals surface area contributed by atoms with Gasteiger partial charge in [0.15, 0.2) is 5.13 Å². The number of ether oxygens (including phenoxy) is 2. The summed E-state index contributed by atoms with van der Waals surface area (Å²) in [6.07, 6.45) is 2.07. The van der Waals surface area contributed by atoms with Crippen molar-refractivity contribution in [2.75, 3.05) is 19.0 Å². The molecule has 140 valence electrons. The van der Waals surface area contributed by atoms with Crippen molar-refractivity contribution in [1.82, 2.24) is 4.98 Å². The highest BCUT2D eigenvalue weighted by Crippen LogP contribution is 2.27. The van der Waals surface area contributed by atoms with Gasteiger partial charge in [-0.25, -0.2) is 9.78 Å². The molecule has 3 rings (SSSR count). The van der Waals surface area contributed by atoms with E-state index in [0.717, 1.165) is 23.3 Å². The number of carbonyl (C=O) groups excluding carboxylic acids is 2. The van der Waals surface area contributed by atoms with Gasteiger partial charge in [0.1, 0.15) is 5.75 Å². The predicted molar refractivity (Wildman–Crippen MR) is 106 cm³/mol. The number of fused-ring (bicyclic) bond motifs is 1. The van der Waals surface area contributed by atoms with Gasteiger partial charge in [-0.2, -0.15) is 0 Å². The molecule has 2 aromatic carbocycles. The number of nitrogens with zero attached hydrogens (tertiary/aromatic N) is 1. The Labute approximate surface area is 161 Å². The maximum Gasteiger partial charge on any atom is 0.337 e. The third-order valence-corrected chi connectivity index (χ3v) is 4.85. The first kappa shape index (κ1) is 18.8. The highest BCUT2D eigenvalue weighted by molar-refractivity contribution is 7.22. The zero-order chi connectivity index (χ0) is 19.2. The molecule has 1 heterocycles. The fourth-order valence-corrected chi connectivity index (χ4v) is 3.33. The molecule has 6 nitrogen and oxygen atoms in total. The summed E-state index contributed by atoms with van der Waals surface area (Å²) in [5.41, 5.74) is 1.68. The molecule has 0 bridgehead atoms. The van der Waals surface area contributed by atoms with Crippen LogP contribution in [-0.4, -0.2) is 30.6 Å². The van der Waals surface area contributed by atoms with Crippen molar-refractivity contribution >= 4 is 38.6 Å². The first-order valence-corrected chi connectivity index (χ1v) is 9.45. The Morgan fingerprint density at radius 2 is 1.85 bits per heavy atom. The van der Waals surface area contributed by atoms with Crippen LogP contribution >= 0.6 is 11.3 Å². The van der Waals surface area contributed by atoms with Crippen molar-refractivity contribution in [2.24, 2.45) is 0 Å². The number of carbonyl (C=O) groups is 2. The van der Waals surface area contributed by atoms with Gasteiger partial charge in [-0.15, -0.1) is 0 Å². The number of hydrogen-bond acceptors (Lipinski definition) is 6. The van der Waals surface area contributed by atoms with Crippen molar-refractivity contribution in [3.05, 3.63) is 53.6 Å². The molecule has 1 aromatic heterocycles. The minimum absolute atomic E-state index is 0.248. The molecular formula is C20H20N2O4S. The van der Waals surface area contributed by atoms with E-state index in [1.807, 2.05) is 0 Å². The maximum atomic E-state index is 12.4. The lowest BCUT2D eigenvalue weighted by atomic mass is 10.2. The molecule has 0 saturated heterocycles. The molecule has 0 radical (unpaired) electrons. The van der Waals surface area contributed by atoms with Crippen molar-refractivity contribution in [2.45, 2.75) is 19.8 Å². The number of aromatic nitrogens is 1. The van der Waals surface area contributed by atoms with Crippen LogP contribution < -0.4 is 10.1 Å². The Bertz CT molecular complexity index is 950. The zero-order valence-electron chi connectivity index (χ0n) is 15.2. The Morgan fingerprint density at radius 3 is 2.56 bits per heavy atom. The number of thiazole rings is 1. The Kier molecular flexibility index (Phi) is 6.03. The second-order valence-electron chi connectivity index (χ2n) is 5.87. The lowest BCUT2D eigenvalue weighted by Crippen LogP contribution is -2.11. The maximum absolute atomic E-state index is 12.4. The third-order valence-electron chi connectivity index (χ3n) is 3.91. The first-order chi connectivity index (χ1) is 13.1. The fraction of sp³-hybridized carbons (Fsp3) is 0.250. The molecule has 27 heavy (non-hydrogen) atoms. The molecule has 1 N–H and O–H groups in total. The molecular weight excluding hydrogens is 364 g/mol. The number of anilines is 1. The van der Waals surface area contributed by atoms with Crippen LogP contribution in [0, 0.1) is 0 Å². The highest BCUT2D eigenvalue weighted by Gasteiger charge is 2.12. The minimum Gasteiger partial charge on any atom is -0.494 e. The molecule has 0 aliphatic heterocycles. The van der Waals surface area contributed by atoms with Gasteiger partial charge in [0.05, 0.1) is 29.5 Å². The molecule has 0 atom stereocenters. The summed E-state index contributed by atoms with van der Waals surface area (Å²) < 4.78 is 11.1. The van der Waals surface area contributed by atoms with Crippen LogP contribution in [0.1, 0.15) is 40.5 Å². The van der Waals surface area contributed by atoms with Crippen molar-refractivity contribution in [3.8, 4) is 5.75 Å². The smallest absolute Gasteiger partial charge is 0.337 e. The number of hydrogen-bond donors (Lipinski definition) is 1. The molecule has 0 aliphatic carbocycles. The summed E-state index contributed by atoms with van der Waals surface area (Å²) in [5.74, 6) is 0.0924. The number of rotatable bonds is 7. The topological polar surface area (TPSA) is 77.5 Å². The van der Waals surface area contributed by atoms with Gasteiger partial charge < -0.3 is 9.47 Å². The quantitative estimate of drug-likeness (QED) is 0.479. The normalized spacial score (nSPS) is 10.6. The van der Waals surface area contributed by atoms with Gasteiger partial charge in [-0.1, -0.05) is 24.7 Å². The lowest BCUT2D eigenvalue weighted by Gasteiger charge is -2.06. The van der Waals surface area contributed by atoms with E-state index in [0.29, 0.717) is 28.4 Å². The van der Waals surface area contributed by atoms with Crippen LogP contribution in [0.5, 0.6) is 5.75 Å². The van der Waals surface area contributed by atoms with Crippen LogP contribution in [0.25, 0.3) is 10.2 Å². The molecule has 1 amide bonds. The van der Waals surface area contributed by atoms with E-state index in [-0.39, 0.29) is 5.91 Å². The number of unbranched alkanes of at least 4 members (excludes halogenated alkanes) is 1. The second kappa shape index (κ2) is 8.64. The van der Waals surface area contributed by atoms with Crippen molar-refractivity contribution < 1.29 is 19.1 Å². The lowest BCUT2D eigenvalue weighted by molar-refractivity contribution is 0.0601. The van der Waals surface area contributed by atoms with Crippen LogP contribution in [0.4, 0.5) is 5.13 Å². The first-order valence-electron chi connectivity index (χ1n) is 8.64. The number of esters is 1. The van der Waals surface area contributed by atoms with Crippen molar-refractivity contribution in [1.29, 1.82) is 0 Å². The van der Waals surface area contributed by atoms with Gasteiger partial charge in [0.25, 0.3) is 5.91 Å². The second-order valence-corrected chi connectivity index (χ2v) is 6.90. The molecule has 0 saturated carbocycles. The standard InChI is InChI=1S/C20H20N2O4S/c1-3-4-11-26-15-8-5-13(6-9-15)18(23)22-20-21-16-10-7-14(19(24)25-2)12-17(16)27-20/h5-10,12H,3-4,11H2,1-2H3,(H,21,22,23). The molecule has 0 fully saturated rings. The number of nitrogens with one attached hydrogen (secondary N) is 1. The predicted octanol–water partition coefficient (Wildman–Crippen LogP) is 4.51. The van der Waals surface area contributed by atoms with Crippen LogP contribution in [-0.2, 0) is 4.74 Å². The largest absolute Gasteiger partial charge is 0.494 e. The number of methoxy groups -OCH3 is 1. The van der Waals surface area contributed by atoms with E-state index in [4.69, 9.17) is 9.47 Å². The van der Waals surface area contributed by atoms with Gasteiger partial charge in [0.2, 0.25) is 0 Å². The SMILES string of the molecule is CCCCOc1ccc(C(=O)Nc2nc3ccc(C(=O)OC)cc3s2)cc1. The number of amides is 1. The Balaban J connectivity index is 1.69. The summed E-state index contributed by atoms with van der Waals surface area (Å²) in [6.45, 7) is 2.77. The summed E-state index contributed by atoms with van der Waals surface area (Å²) in [5, 5.41) is 3.27. The summed E-state index contributed by atoms with van der Waals surface area (Å²) in [4.78, 5) is 28.4. The fourth-order valence-electron chi connectivity index (χ4n) is 2.43. The van der Waals surface area contributed by atoms with Crippen LogP contribution in [0.2, 0.25) is 0 Å². The highest BCUT2D eigenvalue weighted by atomic mass is 32.1. The van der Waals surface area contributed by atoms with Crippen LogP contribution in [0.3, 0.4) is 0 Å². The van der Waals surface area contributed by atoms with Crippen molar-refractivity contribution in [3.63, 3.8) is 0 Å². The summed E-state index contributed by atoms with van der Waals surface area (Å²) in [6, 6.07) is 12.1. The monoisotopic (exact) mass is 384 g/mol. The van der Waals surface area contributed by atoms with Gasteiger partial charge in [-0.05, 0) is 48.9 Å². The average Bonchev–Trinajstić information content (AvgIpc) is 3.09. The summed E-state index contributed by atoms with van der Waals surface area (Å²) in [7, 11) is 1.34. The third kappa shape index (κ3) is 4.62. The van der Waals surface area contributed by atoms with E-state index in [1.165, 1.54) is 18.4 Å². The zero-order valence-corrected chi connectivity index (χ0v) is 16.0. The Morgan fingerprint density at radius 1 is 1.11 bits per heavy atom. The van der Waals surface area contributed by atoms with E-state index < -0.39 is 5.97 Å². The molecule has 0 unspecified atom stereocenters. The summed E-state index contributed by atoms with van der Waals surface area (Å²) >= 11 is 1.30. The molecule has 0 aliphatic rings. The van der Waals surface area contributed by atoms with E-state index in [9.17, 15) is 9.59 Å². The van der Waals surface area contributed by atoms with E-state index in [1.54, 1.807) is 42.5 Å². The van der Waals surface area contributed by atoms with Gasteiger partial charge >= 0.3 is 5.97 Å². The van der Waals surface area contributed by atoms with E-state index in [2.05, 4.69) is 17.2 Å². The molecule has 0 spiro atoms. The average molecular weight is 384 g/mol. The number of benzene rings is 2. The van der Waals surface area contributed by atoms with Gasteiger partial charge in [-0.3, -0.25) is 10.1 Å². The van der Waals surface area contributed by atoms with Gasteiger partial charge in [0, 0.05) is 5.56 Å². The van der Waals surface area contributed by atoms with Crippen LogP contribution in [0.15, 0.2) is 42.5 Å². The molecule has 3 aromatic rings. The Hall–Kier alpha value is -2.93. The van der Waals surface area contributed by atoms with E-state index >= 15 is 0 Å².